The lowest BCUT2D eigenvalue weighted by atomic mass is 9.76. The minimum Gasteiger partial charge on any atom is -0.399 e. The summed E-state index contributed by atoms with van der Waals surface area (Å²) in [6.07, 6.45) is 0. The molecule has 0 unspecified atom stereocenters. The van der Waals surface area contributed by atoms with Crippen LogP contribution < -0.4 is 10.8 Å². The summed E-state index contributed by atoms with van der Waals surface area (Å²) in [5, 5.41) is 2.53. The molecule has 3 rings (SSSR count). The van der Waals surface area contributed by atoms with E-state index in [2.05, 4.69) is 5.32 Å². The second-order valence-corrected chi connectivity index (χ2v) is 7.71. The summed E-state index contributed by atoms with van der Waals surface area (Å²) in [5.74, 6) is -2.65. The summed E-state index contributed by atoms with van der Waals surface area (Å²) in [4.78, 5) is 12.2. The van der Waals surface area contributed by atoms with E-state index < -0.39 is 41.4 Å². The number of amides is 1. The third-order valence-electron chi connectivity index (χ3n) is 5.22. The second kappa shape index (κ2) is 6.73. The zero-order valence-corrected chi connectivity index (χ0v) is 16.0. The second-order valence-electron chi connectivity index (χ2n) is 7.71. The summed E-state index contributed by atoms with van der Waals surface area (Å²) in [7, 11) is -0.524. The summed E-state index contributed by atoms with van der Waals surface area (Å²) in [6, 6.07) is 8.46. The van der Waals surface area contributed by atoms with Crippen LogP contribution in [0.1, 0.15) is 43.6 Å². The zero-order chi connectivity index (χ0) is 20.0. The van der Waals surface area contributed by atoms with Crippen molar-refractivity contribution in [1.29, 1.82) is 0 Å². The summed E-state index contributed by atoms with van der Waals surface area (Å²) in [5.41, 5.74) is 0.577. The lowest BCUT2D eigenvalue weighted by molar-refractivity contribution is 0.00578. The lowest BCUT2D eigenvalue weighted by Gasteiger charge is -2.32. The number of anilines is 1. The molecule has 0 saturated carbocycles. The number of aryl methyl sites for hydroxylation is 1. The van der Waals surface area contributed by atoms with E-state index in [1.807, 2.05) is 34.6 Å². The van der Waals surface area contributed by atoms with Crippen molar-refractivity contribution in [3.63, 3.8) is 0 Å². The normalized spacial score (nSPS) is 17.8. The third kappa shape index (κ3) is 3.62. The average Bonchev–Trinajstić information content (AvgIpc) is 2.75. The molecule has 0 atom stereocenters. The Morgan fingerprint density at radius 3 is 2.07 bits per heavy atom. The van der Waals surface area contributed by atoms with E-state index in [9.17, 15) is 13.6 Å². The Hall–Kier alpha value is -2.25. The maximum absolute atomic E-state index is 13.8. The Morgan fingerprint density at radius 2 is 1.56 bits per heavy atom. The predicted molar refractivity (Wildman–Crippen MR) is 101 cm³/mol. The van der Waals surface area contributed by atoms with Crippen LogP contribution in [0.15, 0.2) is 36.4 Å². The monoisotopic (exact) mass is 373 g/mol. The van der Waals surface area contributed by atoms with Crippen molar-refractivity contribution in [2.75, 3.05) is 5.32 Å². The van der Waals surface area contributed by atoms with Gasteiger partial charge < -0.3 is 14.6 Å². The van der Waals surface area contributed by atoms with Crippen LogP contribution in [0.2, 0.25) is 0 Å². The van der Waals surface area contributed by atoms with Crippen LogP contribution in [0.25, 0.3) is 0 Å². The molecular formula is C20H22BF2NO3. The number of hydrogen-bond acceptors (Lipinski definition) is 3. The van der Waals surface area contributed by atoms with Crippen molar-refractivity contribution in [3.8, 4) is 0 Å². The molecule has 1 fully saturated rings. The van der Waals surface area contributed by atoms with Gasteiger partial charge >= 0.3 is 7.12 Å². The highest BCUT2D eigenvalue weighted by molar-refractivity contribution is 6.62. The number of hydrogen-bond donors (Lipinski definition) is 1. The van der Waals surface area contributed by atoms with Crippen molar-refractivity contribution >= 4 is 24.2 Å². The molecule has 142 valence electrons. The fourth-order valence-corrected chi connectivity index (χ4v) is 2.90. The number of benzene rings is 2. The van der Waals surface area contributed by atoms with Gasteiger partial charge in [0.05, 0.1) is 11.2 Å². The van der Waals surface area contributed by atoms with Crippen molar-refractivity contribution in [2.24, 2.45) is 0 Å². The number of carbonyl (C=O) groups excluding carboxylic acids is 1. The minimum atomic E-state index is -0.905. The predicted octanol–water partition coefficient (Wildman–Crippen LogP) is 3.82. The summed E-state index contributed by atoms with van der Waals surface area (Å²) >= 11 is 0. The van der Waals surface area contributed by atoms with E-state index in [1.165, 1.54) is 6.07 Å². The Morgan fingerprint density at radius 1 is 1.00 bits per heavy atom. The van der Waals surface area contributed by atoms with Gasteiger partial charge in [-0.05, 0) is 69.9 Å². The Labute approximate surface area is 158 Å². The topological polar surface area (TPSA) is 47.6 Å². The Balaban J connectivity index is 1.81. The van der Waals surface area contributed by atoms with Crippen LogP contribution in [-0.4, -0.2) is 24.2 Å². The van der Waals surface area contributed by atoms with Crippen LogP contribution in [-0.2, 0) is 9.31 Å². The van der Waals surface area contributed by atoms with Crippen LogP contribution in [0.5, 0.6) is 0 Å². The first-order valence-corrected chi connectivity index (χ1v) is 8.73. The van der Waals surface area contributed by atoms with Gasteiger partial charge in [-0.3, -0.25) is 4.79 Å². The fourth-order valence-electron chi connectivity index (χ4n) is 2.90. The number of halogens is 2. The molecule has 2 aromatic carbocycles. The molecule has 1 aliphatic heterocycles. The quantitative estimate of drug-likeness (QED) is 0.833. The SMILES string of the molecule is Cc1cc(NC(=O)c2c(F)cccc2F)ccc1B1OC(C)(C)C(C)(C)O1. The van der Waals surface area contributed by atoms with Crippen LogP contribution in [0, 0.1) is 18.6 Å². The molecule has 1 heterocycles. The summed E-state index contributed by atoms with van der Waals surface area (Å²) in [6.45, 7) is 9.75. The van der Waals surface area contributed by atoms with Gasteiger partial charge in [-0.1, -0.05) is 12.1 Å². The van der Waals surface area contributed by atoms with Crippen molar-refractivity contribution in [2.45, 2.75) is 45.8 Å². The first-order chi connectivity index (χ1) is 12.5. The first-order valence-electron chi connectivity index (χ1n) is 8.73. The lowest BCUT2D eigenvalue weighted by Crippen LogP contribution is -2.41. The largest absolute Gasteiger partial charge is 0.495 e. The van der Waals surface area contributed by atoms with Gasteiger partial charge in [-0.15, -0.1) is 0 Å². The highest BCUT2D eigenvalue weighted by atomic mass is 19.1. The molecule has 1 amide bonds. The van der Waals surface area contributed by atoms with Gasteiger partial charge in [0.25, 0.3) is 5.91 Å². The van der Waals surface area contributed by atoms with E-state index in [-0.39, 0.29) is 0 Å². The van der Waals surface area contributed by atoms with E-state index in [1.54, 1.807) is 18.2 Å². The van der Waals surface area contributed by atoms with E-state index >= 15 is 0 Å². The molecule has 4 nitrogen and oxygen atoms in total. The molecule has 2 aromatic rings. The van der Waals surface area contributed by atoms with Crippen molar-refractivity contribution in [3.05, 3.63) is 59.2 Å². The average molecular weight is 373 g/mol. The fraction of sp³-hybridized carbons (Fsp3) is 0.350. The van der Waals surface area contributed by atoms with Gasteiger partial charge in [-0.25, -0.2) is 8.78 Å². The highest BCUT2D eigenvalue weighted by Crippen LogP contribution is 2.36. The first kappa shape index (κ1) is 19.5. The van der Waals surface area contributed by atoms with Crippen LogP contribution in [0.4, 0.5) is 14.5 Å². The molecule has 1 N–H and O–H groups in total. The van der Waals surface area contributed by atoms with Gasteiger partial charge in [0, 0.05) is 5.69 Å². The maximum atomic E-state index is 13.8. The molecule has 0 aliphatic carbocycles. The van der Waals surface area contributed by atoms with Gasteiger partial charge in [0.1, 0.15) is 17.2 Å². The van der Waals surface area contributed by atoms with Gasteiger partial charge in [0.15, 0.2) is 0 Å². The number of carbonyl (C=O) groups is 1. The standard InChI is InChI=1S/C20H22BF2NO3/c1-12-11-13(24-18(25)17-15(22)7-6-8-16(17)23)9-10-14(12)21-26-19(2,3)20(4,5)27-21/h6-11H,1-5H3,(H,24,25). The molecule has 7 heteroatoms. The number of rotatable bonds is 3. The molecule has 1 saturated heterocycles. The smallest absolute Gasteiger partial charge is 0.399 e. The molecule has 0 aromatic heterocycles. The molecular weight excluding hydrogens is 351 g/mol. The van der Waals surface area contributed by atoms with Crippen LogP contribution in [0.3, 0.4) is 0 Å². The van der Waals surface area contributed by atoms with E-state index in [0.717, 1.165) is 23.2 Å². The van der Waals surface area contributed by atoms with Crippen LogP contribution >= 0.6 is 0 Å². The molecule has 27 heavy (non-hydrogen) atoms. The molecule has 0 radical (unpaired) electrons. The van der Waals surface area contributed by atoms with Crippen molar-refractivity contribution < 1.29 is 22.9 Å². The van der Waals surface area contributed by atoms with Gasteiger partial charge in [-0.2, -0.15) is 0 Å². The summed E-state index contributed by atoms with van der Waals surface area (Å²) < 4.78 is 39.6. The van der Waals surface area contributed by atoms with E-state index in [0.29, 0.717) is 5.69 Å². The van der Waals surface area contributed by atoms with Gasteiger partial charge in [0.2, 0.25) is 0 Å². The van der Waals surface area contributed by atoms with E-state index in [4.69, 9.17) is 9.31 Å². The molecule has 0 spiro atoms. The zero-order valence-electron chi connectivity index (χ0n) is 16.0. The molecule has 1 aliphatic rings. The Kier molecular flexibility index (Phi) is 4.86. The molecule has 0 bridgehead atoms. The highest BCUT2D eigenvalue weighted by Gasteiger charge is 2.52. The third-order valence-corrected chi connectivity index (χ3v) is 5.22. The van der Waals surface area contributed by atoms with Crippen molar-refractivity contribution in [1.82, 2.24) is 0 Å². The Bertz CT molecular complexity index is 863. The maximum Gasteiger partial charge on any atom is 0.495 e. The minimum absolute atomic E-state index is 0.431. The number of nitrogens with one attached hydrogen (secondary N) is 1.